The summed E-state index contributed by atoms with van der Waals surface area (Å²) in [6.07, 6.45) is 3.34. The van der Waals surface area contributed by atoms with Gasteiger partial charge in [-0.25, -0.2) is 4.98 Å². The van der Waals surface area contributed by atoms with Gasteiger partial charge in [-0.3, -0.25) is 4.79 Å². The summed E-state index contributed by atoms with van der Waals surface area (Å²) in [5.41, 5.74) is 2.51. The van der Waals surface area contributed by atoms with Crippen LogP contribution in [0.4, 0.5) is 0 Å². The van der Waals surface area contributed by atoms with Gasteiger partial charge in [0.1, 0.15) is 6.26 Å². The molecule has 0 radical (unpaired) electrons. The molecule has 0 fully saturated rings. The highest BCUT2D eigenvalue weighted by Crippen LogP contribution is 2.22. The average Bonchev–Trinajstić information content (AvgIpc) is 3.02. The molecule has 0 spiro atoms. The molecule has 0 unspecified atom stereocenters. The van der Waals surface area contributed by atoms with E-state index < -0.39 is 0 Å². The molecule has 2 heterocycles. The van der Waals surface area contributed by atoms with Crippen molar-refractivity contribution < 1.29 is 9.21 Å². The number of aromatic amines is 1. The molecule has 0 amide bonds. The van der Waals surface area contributed by atoms with Crippen LogP contribution in [0.15, 0.2) is 46.4 Å². The molecule has 0 bridgehead atoms. The van der Waals surface area contributed by atoms with Crippen molar-refractivity contribution >= 4 is 28.4 Å². The van der Waals surface area contributed by atoms with E-state index >= 15 is 0 Å². The molecule has 1 aromatic carbocycles. The van der Waals surface area contributed by atoms with Crippen LogP contribution in [0.1, 0.15) is 16.1 Å². The largest absolute Gasteiger partial charge is 0.440 e. The number of carbonyl (C=O) groups is 1. The molecule has 0 atom stereocenters. The first-order valence-corrected chi connectivity index (χ1v) is 6.87. The number of nitrogens with one attached hydrogen (secondary N) is 1. The van der Waals surface area contributed by atoms with Crippen LogP contribution in [0, 0.1) is 6.92 Å². The van der Waals surface area contributed by atoms with Crippen molar-refractivity contribution in [3.05, 3.63) is 48.0 Å². The van der Waals surface area contributed by atoms with Gasteiger partial charge in [-0.15, -0.1) is 0 Å². The zero-order valence-corrected chi connectivity index (χ0v) is 11.2. The number of aryl methyl sites for hydroxylation is 1. The van der Waals surface area contributed by atoms with Gasteiger partial charge in [-0.1, -0.05) is 30.0 Å². The first-order chi connectivity index (χ1) is 9.24. The maximum absolute atomic E-state index is 12.2. The van der Waals surface area contributed by atoms with Crippen molar-refractivity contribution in [3.63, 3.8) is 0 Å². The lowest BCUT2D eigenvalue weighted by Gasteiger charge is -1.97. The van der Waals surface area contributed by atoms with Crippen LogP contribution in [0.3, 0.4) is 0 Å². The fourth-order valence-electron chi connectivity index (χ4n) is 1.91. The number of aromatic nitrogens is 2. The Morgan fingerprint density at radius 2 is 2.26 bits per heavy atom. The Bertz CT molecular complexity index is 730. The maximum Gasteiger partial charge on any atom is 0.256 e. The summed E-state index contributed by atoms with van der Waals surface area (Å²) in [5.74, 6) is 0.389. The molecule has 0 saturated heterocycles. The fourth-order valence-corrected chi connectivity index (χ4v) is 2.64. The van der Waals surface area contributed by atoms with E-state index in [4.69, 9.17) is 4.42 Å². The second kappa shape index (κ2) is 4.93. The molecular formula is C14H12N2O2S. The number of para-hydroxylation sites is 1. The Morgan fingerprint density at radius 1 is 1.42 bits per heavy atom. The predicted octanol–water partition coefficient (Wildman–Crippen LogP) is 3.44. The van der Waals surface area contributed by atoms with Crippen molar-refractivity contribution in [2.75, 3.05) is 5.75 Å². The quantitative estimate of drug-likeness (QED) is 0.584. The minimum atomic E-state index is 0.0679. The van der Waals surface area contributed by atoms with E-state index in [1.807, 2.05) is 31.2 Å². The van der Waals surface area contributed by atoms with Crippen LogP contribution in [-0.4, -0.2) is 21.5 Å². The van der Waals surface area contributed by atoms with E-state index in [1.54, 1.807) is 12.5 Å². The second-order valence-corrected chi connectivity index (χ2v) is 5.14. The van der Waals surface area contributed by atoms with Crippen LogP contribution >= 0.6 is 11.8 Å². The van der Waals surface area contributed by atoms with E-state index in [0.29, 0.717) is 16.5 Å². The van der Waals surface area contributed by atoms with Gasteiger partial charge in [0.2, 0.25) is 0 Å². The van der Waals surface area contributed by atoms with Gasteiger partial charge in [0.15, 0.2) is 5.78 Å². The lowest BCUT2D eigenvalue weighted by Crippen LogP contribution is -2.01. The fraction of sp³-hybridized carbons (Fsp3) is 0.143. The summed E-state index contributed by atoms with van der Waals surface area (Å²) in [6, 6.07) is 7.77. The number of hydrogen-bond acceptors (Lipinski definition) is 4. The molecule has 5 heteroatoms. The Hall–Kier alpha value is -2.01. The molecule has 3 rings (SSSR count). The lowest BCUT2D eigenvalue weighted by atomic mass is 10.1. The number of rotatable bonds is 4. The molecule has 0 aliphatic heterocycles. The molecular weight excluding hydrogens is 260 g/mol. The van der Waals surface area contributed by atoms with Crippen LogP contribution < -0.4 is 0 Å². The summed E-state index contributed by atoms with van der Waals surface area (Å²) in [6.45, 7) is 1.86. The van der Waals surface area contributed by atoms with Crippen LogP contribution in [0.2, 0.25) is 0 Å². The van der Waals surface area contributed by atoms with Crippen LogP contribution in [0.25, 0.3) is 10.9 Å². The maximum atomic E-state index is 12.2. The monoisotopic (exact) mass is 272 g/mol. The summed E-state index contributed by atoms with van der Waals surface area (Å²) >= 11 is 1.31. The molecule has 0 saturated carbocycles. The average molecular weight is 272 g/mol. The second-order valence-electron chi connectivity index (χ2n) is 4.21. The minimum absolute atomic E-state index is 0.0679. The third kappa shape index (κ3) is 2.42. The third-order valence-corrected chi connectivity index (χ3v) is 3.66. The topological polar surface area (TPSA) is 58.9 Å². The molecule has 0 aliphatic rings. The number of Topliss-reactive ketones (excluding diaryl/α,β-unsaturated/α-hetero) is 1. The number of oxazole rings is 1. The van der Waals surface area contributed by atoms with E-state index in [1.165, 1.54) is 11.8 Å². The Kier molecular flexibility index (Phi) is 3.13. The first kappa shape index (κ1) is 12.0. The molecule has 3 aromatic rings. The molecule has 2 aromatic heterocycles. The van der Waals surface area contributed by atoms with E-state index in [-0.39, 0.29) is 5.78 Å². The van der Waals surface area contributed by atoms with Gasteiger partial charge in [0, 0.05) is 22.7 Å². The third-order valence-electron chi connectivity index (χ3n) is 2.81. The molecule has 4 nitrogen and oxygen atoms in total. The molecule has 19 heavy (non-hydrogen) atoms. The standard InChI is InChI=1S/C14H12N2O2S/c1-9-7-18-14(16-9)19-8-13(17)11-6-15-12-5-3-2-4-10(11)12/h2-7,15H,8H2,1H3. The summed E-state index contributed by atoms with van der Waals surface area (Å²) < 4.78 is 5.21. The predicted molar refractivity (Wildman–Crippen MR) is 74.6 cm³/mol. The van der Waals surface area contributed by atoms with Crippen LogP contribution in [0.5, 0.6) is 0 Å². The van der Waals surface area contributed by atoms with Gasteiger partial charge in [-0.2, -0.15) is 0 Å². The van der Waals surface area contributed by atoms with Gasteiger partial charge >= 0.3 is 0 Å². The lowest BCUT2D eigenvalue weighted by molar-refractivity contribution is 0.102. The number of nitrogens with zero attached hydrogens (tertiary/aromatic N) is 1. The minimum Gasteiger partial charge on any atom is -0.440 e. The van der Waals surface area contributed by atoms with Crippen molar-refractivity contribution in [1.29, 1.82) is 0 Å². The number of thioether (sulfide) groups is 1. The van der Waals surface area contributed by atoms with Crippen molar-refractivity contribution in [2.45, 2.75) is 12.1 Å². The van der Waals surface area contributed by atoms with E-state index in [2.05, 4.69) is 9.97 Å². The zero-order valence-electron chi connectivity index (χ0n) is 10.3. The van der Waals surface area contributed by atoms with Gasteiger partial charge in [0.25, 0.3) is 5.22 Å². The van der Waals surface area contributed by atoms with Gasteiger partial charge < -0.3 is 9.40 Å². The Balaban J connectivity index is 1.77. The highest BCUT2D eigenvalue weighted by molar-refractivity contribution is 7.99. The molecule has 1 N–H and O–H groups in total. The Morgan fingerprint density at radius 3 is 3.05 bits per heavy atom. The van der Waals surface area contributed by atoms with Crippen molar-refractivity contribution in [1.82, 2.24) is 9.97 Å². The SMILES string of the molecule is Cc1coc(SCC(=O)c2c[nH]c3ccccc23)n1. The smallest absolute Gasteiger partial charge is 0.256 e. The van der Waals surface area contributed by atoms with Gasteiger partial charge in [0.05, 0.1) is 11.4 Å². The zero-order chi connectivity index (χ0) is 13.2. The number of benzene rings is 1. The molecule has 0 aliphatic carbocycles. The van der Waals surface area contributed by atoms with Gasteiger partial charge in [-0.05, 0) is 13.0 Å². The normalized spacial score (nSPS) is 11.0. The van der Waals surface area contributed by atoms with Crippen molar-refractivity contribution in [3.8, 4) is 0 Å². The number of hydrogen-bond donors (Lipinski definition) is 1. The van der Waals surface area contributed by atoms with Crippen LogP contribution in [-0.2, 0) is 0 Å². The Labute approximate surface area is 114 Å². The highest BCUT2D eigenvalue weighted by Gasteiger charge is 2.13. The summed E-state index contributed by atoms with van der Waals surface area (Å²) in [4.78, 5) is 19.5. The number of H-pyrrole nitrogens is 1. The number of carbonyl (C=O) groups excluding carboxylic acids is 1. The van der Waals surface area contributed by atoms with E-state index in [0.717, 1.165) is 16.6 Å². The summed E-state index contributed by atoms with van der Waals surface area (Å²) in [5, 5.41) is 1.49. The highest BCUT2D eigenvalue weighted by atomic mass is 32.2. The number of fused-ring (bicyclic) bond motifs is 1. The number of ketones is 1. The van der Waals surface area contributed by atoms with E-state index in [9.17, 15) is 4.79 Å². The van der Waals surface area contributed by atoms with Crippen molar-refractivity contribution in [2.24, 2.45) is 0 Å². The molecule has 96 valence electrons. The summed E-state index contributed by atoms with van der Waals surface area (Å²) in [7, 11) is 0. The first-order valence-electron chi connectivity index (χ1n) is 5.88.